The summed E-state index contributed by atoms with van der Waals surface area (Å²) in [6, 6.07) is 23.4. The van der Waals surface area contributed by atoms with Gasteiger partial charge >= 0.3 is 0 Å². The molecule has 28 heavy (non-hydrogen) atoms. The summed E-state index contributed by atoms with van der Waals surface area (Å²) in [7, 11) is 0. The van der Waals surface area contributed by atoms with Gasteiger partial charge in [0, 0.05) is 5.56 Å². The third-order valence-corrected chi connectivity index (χ3v) is 5.45. The molecule has 140 valence electrons. The molecule has 1 N–H and O–H groups in total. The largest absolute Gasteiger partial charge is 0.481 e. The Morgan fingerprint density at radius 2 is 1.82 bits per heavy atom. The predicted molar refractivity (Wildman–Crippen MR) is 115 cm³/mol. The number of nitrogens with zero attached hydrogens (tertiary/aromatic N) is 1. The minimum absolute atomic E-state index is 0.199. The van der Waals surface area contributed by atoms with Gasteiger partial charge in [-0.15, -0.1) is 11.3 Å². The van der Waals surface area contributed by atoms with Crippen molar-refractivity contribution in [2.45, 2.75) is 20.0 Å². The number of fused-ring (bicyclic) bond motifs is 1. The van der Waals surface area contributed by atoms with Gasteiger partial charge in [0.1, 0.15) is 10.8 Å². The smallest absolute Gasteiger partial charge is 0.265 e. The van der Waals surface area contributed by atoms with E-state index in [0.717, 1.165) is 32.0 Å². The van der Waals surface area contributed by atoms with E-state index in [1.54, 1.807) is 18.3 Å². The monoisotopic (exact) mass is 388 g/mol. The lowest BCUT2D eigenvalue weighted by molar-refractivity contribution is -0.122. The number of carbonyl (C=O) groups excluding carboxylic acids is 1. The van der Waals surface area contributed by atoms with Crippen LogP contribution in [-0.2, 0) is 4.79 Å². The van der Waals surface area contributed by atoms with Gasteiger partial charge in [0.25, 0.3) is 5.91 Å². The van der Waals surface area contributed by atoms with E-state index in [2.05, 4.69) is 11.4 Å². The van der Waals surface area contributed by atoms with Gasteiger partial charge in [0.15, 0.2) is 6.10 Å². The fourth-order valence-corrected chi connectivity index (χ4v) is 3.95. The third-order valence-electron chi connectivity index (χ3n) is 4.38. The Labute approximate surface area is 167 Å². The van der Waals surface area contributed by atoms with E-state index in [4.69, 9.17) is 9.72 Å². The van der Waals surface area contributed by atoms with Crippen LogP contribution in [0.2, 0.25) is 0 Å². The Morgan fingerprint density at radius 3 is 2.64 bits per heavy atom. The van der Waals surface area contributed by atoms with Crippen molar-refractivity contribution in [2.75, 3.05) is 5.32 Å². The van der Waals surface area contributed by atoms with Gasteiger partial charge < -0.3 is 10.1 Å². The SMILES string of the molecule is Cc1cccc(O[C@@H](C)C(=O)Nc2ccccc2-c2nc3ccccc3s2)c1. The number of aromatic nitrogens is 1. The van der Waals surface area contributed by atoms with Crippen molar-refractivity contribution >= 4 is 33.1 Å². The van der Waals surface area contributed by atoms with Crippen LogP contribution < -0.4 is 10.1 Å². The molecular formula is C23H20N2O2S. The molecule has 0 fully saturated rings. The van der Waals surface area contributed by atoms with E-state index in [1.807, 2.05) is 73.7 Å². The van der Waals surface area contributed by atoms with E-state index >= 15 is 0 Å². The van der Waals surface area contributed by atoms with Crippen LogP contribution in [-0.4, -0.2) is 17.0 Å². The van der Waals surface area contributed by atoms with Gasteiger partial charge in [-0.25, -0.2) is 4.98 Å². The number of carbonyl (C=O) groups is 1. The number of para-hydroxylation sites is 2. The molecule has 4 nitrogen and oxygen atoms in total. The summed E-state index contributed by atoms with van der Waals surface area (Å²) in [5.74, 6) is 0.483. The predicted octanol–water partition coefficient (Wildman–Crippen LogP) is 5.68. The molecule has 0 aliphatic carbocycles. The summed E-state index contributed by atoms with van der Waals surface area (Å²) in [6.45, 7) is 3.74. The molecule has 0 bridgehead atoms. The number of hydrogen-bond acceptors (Lipinski definition) is 4. The van der Waals surface area contributed by atoms with Gasteiger partial charge in [-0.3, -0.25) is 4.79 Å². The van der Waals surface area contributed by atoms with Crippen molar-refractivity contribution in [3.05, 3.63) is 78.4 Å². The quantitative estimate of drug-likeness (QED) is 0.479. The first-order valence-corrected chi connectivity index (χ1v) is 9.91. The standard InChI is InChI=1S/C23H20N2O2S/c1-15-8-7-9-17(14-15)27-16(2)22(26)24-19-11-4-3-10-18(19)23-25-20-12-5-6-13-21(20)28-23/h3-14,16H,1-2H3,(H,24,26)/t16-/m0/s1. The molecule has 0 spiro atoms. The first-order chi connectivity index (χ1) is 13.6. The van der Waals surface area contributed by atoms with Crippen molar-refractivity contribution < 1.29 is 9.53 Å². The Morgan fingerprint density at radius 1 is 1.04 bits per heavy atom. The van der Waals surface area contributed by atoms with Crippen LogP contribution in [0.3, 0.4) is 0 Å². The van der Waals surface area contributed by atoms with Gasteiger partial charge in [-0.05, 0) is 55.8 Å². The molecule has 1 aromatic heterocycles. The average molecular weight is 388 g/mol. The van der Waals surface area contributed by atoms with Crippen LogP contribution in [0.25, 0.3) is 20.8 Å². The molecule has 5 heteroatoms. The summed E-state index contributed by atoms with van der Waals surface area (Å²) < 4.78 is 6.92. The van der Waals surface area contributed by atoms with Crippen LogP contribution in [0.5, 0.6) is 5.75 Å². The summed E-state index contributed by atoms with van der Waals surface area (Å²) in [5.41, 5.74) is 3.68. The molecule has 0 saturated heterocycles. The maximum Gasteiger partial charge on any atom is 0.265 e. The van der Waals surface area contributed by atoms with E-state index in [0.29, 0.717) is 5.75 Å². The van der Waals surface area contributed by atoms with Crippen molar-refractivity contribution in [1.29, 1.82) is 0 Å². The maximum atomic E-state index is 12.7. The van der Waals surface area contributed by atoms with E-state index in [1.165, 1.54) is 0 Å². The van der Waals surface area contributed by atoms with Gasteiger partial charge in [0.05, 0.1) is 15.9 Å². The lowest BCUT2D eigenvalue weighted by atomic mass is 10.1. The first kappa shape index (κ1) is 18.2. The van der Waals surface area contributed by atoms with E-state index in [-0.39, 0.29) is 5.91 Å². The van der Waals surface area contributed by atoms with Crippen molar-refractivity contribution in [2.24, 2.45) is 0 Å². The number of ether oxygens (including phenoxy) is 1. The number of thiazole rings is 1. The molecule has 0 saturated carbocycles. The zero-order valence-corrected chi connectivity index (χ0v) is 16.5. The Bertz CT molecular complexity index is 1100. The Balaban J connectivity index is 1.55. The molecular weight excluding hydrogens is 368 g/mol. The summed E-state index contributed by atoms with van der Waals surface area (Å²) >= 11 is 1.61. The average Bonchev–Trinajstić information content (AvgIpc) is 3.12. The molecule has 0 radical (unpaired) electrons. The topological polar surface area (TPSA) is 51.2 Å². The molecule has 0 unspecified atom stereocenters. The van der Waals surface area contributed by atoms with E-state index < -0.39 is 6.10 Å². The van der Waals surface area contributed by atoms with E-state index in [9.17, 15) is 4.79 Å². The highest BCUT2D eigenvalue weighted by Gasteiger charge is 2.18. The first-order valence-electron chi connectivity index (χ1n) is 9.09. The molecule has 4 rings (SSSR count). The number of amides is 1. The molecule has 3 aromatic carbocycles. The molecule has 0 aliphatic heterocycles. The highest BCUT2D eigenvalue weighted by atomic mass is 32.1. The summed E-state index contributed by atoms with van der Waals surface area (Å²) in [4.78, 5) is 17.4. The second kappa shape index (κ2) is 7.82. The molecule has 1 amide bonds. The molecule has 1 atom stereocenters. The van der Waals surface area contributed by atoms with Crippen LogP contribution in [0, 0.1) is 6.92 Å². The normalized spacial score (nSPS) is 11.9. The van der Waals surface area contributed by atoms with Crippen LogP contribution in [0.15, 0.2) is 72.8 Å². The lowest BCUT2D eigenvalue weighted by Crippen LogP contribution is -2.30. The number of aryl methyl sites for hydroxylation is 1. The summed E-state index contributed by atoms with van der Waals surface area (Å²) in [5, 5.41) is 3.87. The second-order valence-corrected chi connectivity index (χ2v) is 7.63. The molecule has 1 heterocycles. The molecule has 4 aromatic rings. The third kappa shape index (κ3) is 3.89. The minimum Gasteiger partial charge on any atom is -0.481 e. The van der Waals surface area contributed by atoms with Gasteiger partial charge in [0.2, 0.25) is 0 Å². The minimum atomic E-state index is -0.620. The van der Waals surface area contributed by atoms with Crippen LogP contribution >= 0.6 is 11.3 Å². The van der Waals surface area contributed by atoms with Crippen LogP contribution in [0.4, 0.5) is 5.69 Å². The van der Waals surface area contributed by atoms with Crippen LogP contribution in [0.1, 0.15) is 12.5 Å². The summed E-state index contributed by atoms with van der Waals surface area (Å²) in [6.07, 6.45) is -0.620. The lowest BCUT2D eigenvalue weighted by Gasteiger charge is -2.16. The Kier molecular flexibility index (Phi) is 5.08. The fraction of sp³-hybridized carbons (Fsp3) is 0.130. The number of anilines is 1. The van der Waals surface area contributed by atoms with Crippen molar-refractivity contribution in [3.63, 3.8) is 0 Å². The zero-order chi connectivity index (χ0) is 19.5. The number of nitrogens with one attached hydrogen (secondary N) is 1. The van der Waals surface area contributed by atoms with Crippen molar-refractivity contribution in [1.82, 2.24) is 4.98 Å². The van der Waals surface area contributed by atoms with Gasteiger partial charge in [-0.2, -0.15) is 0 Å². The zero-order valence-electron chi connectivity index (χ0n) is 15.7. The number of rotatable bonds is 5. The number of hydrogen-bond donors (Lipinski definition) is 1. The van der Waals surface area contributed by atoms with Crippen molar-refractivity contribution in [3.8, 4) is 16.3 Å². The molecule has 0 aliphatic rings. The van der Waals surface area contributed by atoms with Gasteiger partial charge in [-0.1, -0.05) is 36.4 Å². The second-order valence-electron chi connectivity index (χ2n) is 6.60. The highest BCUT2D eigenvalue weighted by Crippen LogP contribution is 2.34. The number of benzene rings is 3. The fourth-order valence-electron chi connectivity index (χ4n) is 2.95. The maximum absolute atomic E-state index is 12.7. The highest BCUT2D eigenvalue weighted by molar-refractivity contribution is 7.21. The Hall–Kier alpha value is -3.18.